The first-order chi connectivity index (χ1) is 9.70. The lowest BCUT2D eigenvalue weighted by molar-refractivity contribution is 0.101. The van der Waals surface area contributed by atoms with E-state index in [1.165, 1.54) is 23.0 Å². The van der Waals surface area contributed by atoms with Gasteiger partial charge in [-0.3, -0.25) is 9.48 Å². The molecule has 1 aromatic heterocycles. The van der Waals surface area contributed by atoms with Gasteiger partial charge in [0.25, 0.3) is 5.91 Å². The molecular weight excluding hydrogens is 360 g/mol. The Morgan fingerprint density at radius 2 is 2.10 bits per heavy atom. The van der Waals surface area contributed by atoms with Gasteiger partial charge in [-0.15, -0.1) is 0 Å². The van der Waals surface area contributed by atoms with Crippen molar-refractivity contribution in [3.63, 3.8) is 0 Å². The van der Waals surface area contributed by atoms with Gasteiger partial charge in [0.2, 0.25) is 10.0 Å². The second kappa shape index (κ2) is 5.58. The molecule has 7 nitrogen and oxygen atoms in total. The van der Waals surface area contributed by atoms with Crippen LogP contribution in [0.15, 0.2) is 33.8 Å². The molecule has 0 aliphatic heterocycles. The summed E-state index contributed by atoms with van der Waals surface area (Å²) in [5.41, 5.74) is 1.28. The number of halogens is 1. The van der Waals surface area contributed by atoms with Crippen LogP contribution in [-0.4, -0.2) is 24.1 Å². The molecule has 0 saturated heterocycles. The zero-order valence-corrected chi connectivity index (χ0v) is 13.7. The lowest BCUT2D eigenvalue weighted by atomic mass is 10.2. The van der Waals surface area contributed by atoms with E-state index in [4.69, 9.17) is 5.14 Å². The van der Waals surface area contributed by atoms with Crippen LogP contribution in [0.2, 0.25) is 0 Å². The summed E-state index contributed by atoms with van der Waals surface area (Å²) in [6, 6.07) is 4.48. The van der Waals surface area contributed by atoms with Crippen LogP contribution in [0.5, 0.6) is 0 Å². The zero-order chi connectivity index (χ0) is 15.8. The summed E-state index contributed by atoms with van der Waals surface area (Å²) in [5.74, 6) is -0.349. The minimum absolute atomic E-state index is 0.00732. The highest BCUT2D eigenvalue weighted by molar-refractivity contribution is 9.10. The van der Waals surface area contributed by atoms with Gasteiger partial charge >= 0.3 is 0 Å². The van der Waals surface area contributed by atoms with E-state index in [0.717, 1.165) is 0 Å². The second-order valence-corrected chi connectivity index (χ2v) is 6.82. The Balaban J connectivity index is 2.37. The minimum Gasteiger partial charge on any atom is -0.320 e. The summed E-state index contributed by atoms with van der Waals surface area (Å²) in [6.07, 6.45) is 1.51. The molecule has 0 aliphatic rings. The Hall–Kier alpha value is -1.71. The van der Waals surface area contributed by atoms with Crippen molar-refractivity contribution >= 4 is 37.5 Å². The van der Waals surface area contributed by atoms with Crippen LogP contribution in [-0.2, 0) is 17.1 Å². The molecule has 0 bridgehead atoms. The fourth-order valence-electron chi connectivity index (χ4n) is 1.85. The number of amides is 1. The lowest BCUT2D eigenvalue weighted by Gasteiger charge is -2.11. The first kappa shape index (κ1) is 15.7. The summed E-state index contributed by atoms with van der Waals surface area (Å²) >= 11 is 3.23. The summed E-state index contributed by atoms with van der Waals surface area (Å²) in [5, 5.41) is 11.7. The third-order valence-corrected chi connectivity index (χ3v) is 4.58. The number of aryl methyl sites for hydroxylation is 2. The zero-order valence-electron chi connectivity index (χ0n) is 11.3. The van der Waals surface area contributed by atoms with E-state index in [1.807, 2.05) is 0 Å². The van der Waals surface area contributed by atoms with E-state index in [9.17, 15) is 13.2 Å². The number of anilines is 1. The number of primary sulfonamides is 1. The number of rotatable bonds is 3. The minimum atomic E-state index is -3.81. The van der Waals surface area contributed by atoms with Gasteiger partial charge in [0.1, 0.15) is 5.69 Å². The van der Waals surface area contributed by atoms with Gasteiger partial charge in [0.05, 0.1) is 10.6 Å². The van der Waals surface area contributed by atoms with Gasteiger partial charge in [-0.1, -0.05) is 0 Å². The van der Waals surface area contributed by atoms with Gasteiger partial charge < -0.3 is 5.32 Å². The van der Waals surface area contributed by atoms with Gasteiger partial charge in [-0.2, -0.15) is 5.10 Å². The fraction of sp³-hybridized carbons (Fsp3) is 0.167. The van der Waals surface area contributed by atoms with Crippen LogP contribution >= 0.6 is 15.9 Å². The van der Waals surface area contributed by atoms with Crippen molar-refractivity contribution in [3.05, 3.63) is 40.1 Å². The largest absolute Gasteiger partial charge is 0.320 e. The highest BCUT2D eigenvalue weighted by atomic mass is 79.9. The Kier molecular flexibility index (Phi) is 4.17. The number of sulfonamides is 1. The molecule has 9 heteroatoms. The van der Waals surface area contributed by atoms with Crippen molar-refractivity contribution in [3.8, 4) is 0 Å². The molecule has 2 aromatic rings. The molecule has 0 saturated carbocycles. The van der Waals surface area contributed by atoms with Crippen LogP contribution in [0.3, 0.4) is 0 Å². The lowest BCUT2D eigenvalue weighted by Crippen LogP contribution is -2.17. The van der Waals surface area contributed by atoms with Crippen molar-refractivity contribution in [2.24, 2.45) is 12.2 Å². The number of hydrogen-bond donors (Lipinski definition) is 2. The normalized spacial score (nSPS) is 11.4. The molecule has 2 rings (SSSR count). The number of carbonyl (C=O) groups excluding carboxylic acids is 1. The second-order valence-electron chi connectivity index (χ2n) is 4.44. The number of nitrogens with one attached hydrogen (secondary N) is 1. The summed E-state index contributed by atoms with van der Waals surface area (Å²) in [4.78, 5) is 12.1. The maximum Gasteiger partial charge on any atom is 0.273 e. The molecule has 1 heterocycles. The number of nitrogens with zero attached hydrogens (tertiary/aromatic N) is 2. The van der Waals surface area contributed by atoms with Crippen LogP contribution < -0.4 is 10.5 Å². The van der Waals surface area contributed by atoms with Crippen molar-refractivity contribution in [2.45, 2.75) is 11.8 Å². The van der Waals surface area contributed by atoms with Crippen molar-refractivity contribution < 1.29 is 13.2 Å². The van der Waals surface area contributed by atoms with Crippen LogP contribution in [0.1, 0.15) is 16.1 Å². The molecule has 0 atom stereocenters. The third kappa shape index (κ3) is 3.31. The van der Waals surface area contributed by atoms with Crippen molar-refractivity contribution in [2.75, 3.05) is 5.32 Å². The predicted molar refractivity (Wildman–Crippen MR) is 81.4 cm³/mol. The molecule has 1 amide bonds. The first-order valence-electron chi connectivity index (χ1n) is 5.82. The van der Waals surface area contributed by atoms with Gasteiger partial charge in [0, 0.05) is 17.7 Å². The van der Waals surface area contributed by atoms with Crippen molar-refractivity contribution in [1.29, 1.82) is 0 Å². The van der Waals surface area contributed by atoms with Crippen molar-refractivity contribution in [1.82, 2.24) is 9.78 Å². The Morgan fingerprint density at radius 1 is 1.43 bits per heavy atom. The number of nitrogens with two attached hydrogens (primary N) is 1. The van der Waals surface area contributed by atoms with Crippen LogP contribution in [0, 0.1) is 6.92 Å². The molecule has 0 unspecified atom stereocenters. The number of hydrogen-bond acceptors (Lipinski definition) is 4. The van der Waals surface area contributed by atoms with E-state index in [1.54, 1.807) is 20.0 Å². The van der Waals surface area contributed by atoms with Crippen LogP contribution in [0.25, 0.3) is 0 Å². The topological polar surface area (TPSA) is 107 Å². The molecule has 0 aliphatic carbocycles. The number of carbonyl (C=O) groups is 1. The Bertz CT molecular complexity index is 814. The monoisotopic (exact) mass is 372 g/mol. The van der Waals surface area contributed by atoms with Gasteiger partial charge in [0.15, 0.2) is 0 Å². The van der Waals surface area contributed by atoms with E-state index >= 15 is 0 Å². The number of aromatic nitrogens is 2. The molecule has 0 spiro atoms. The smallest absolute Gasteiger partial charge is 0.273 e. The maximum atomic E-state index is 12.1. The number of benzene rings is 1. The Morgan fingerprint density at radius 3 is 2.62 bits per heavy atom. The maximum absolute atomic E-state index is 12.1. The SMILES string of the molecule is Cc1cc(NC(=O)c2ccnn2C)c(Br)cc1S(N)(=O)=O. The molecule has 112 valence electrons. The molecule has 21 heavy (non-hydrogen) atoms. The molecule has 0 fully saturated rings. The predicted octanol–water partition coefficient (Wildman–Crippen LogP) is 1.39. The average Bonchev–Trinajstić information content (AvgIpc) is 2.78. The Labute approximate surface area is 130 Å². The van der Waals surface area contributed by atoms with E-state index in [-0.39, 0.29) is 10.8 Å². The summed E-state index contributed by atoms with van der Waals surface area (Å²) < 4.78 is 24.7. The average molecular weight is 373 g/mol. The van der Waals surface area contributed by atoms with E-state index in [0.29, 0.717) is 21.4 Å². The first-order valence-corrected chi connectivity index (χ1v) is 8.16. The molecular formula is C12H13BrN4O3S. The molecule has 1 aromatic carbocycles. The molecule has 0 radical (unpaired) electrons. The summed E-state index contributed by atoms with van der Waals surface area (Å²) in [7, 11) is -2.16. The van der Waals surface area contributed by atoms with Crippen LogP contribution in [0.4, 0.5) is 5.69 Å². The molecule has 3 N–H and O–H groups in total. The van der Waals surface area contributed by atoms with E-state index in [2.05, 4.69) is 26.3 Å². The van der Waals surface area contributed by atoms with E-state index < -0.39 is 10.0 Å². The van der Waals surface area contributed by atoms with Gasteiger partial charge in [-0.05, 0) is 46.6 Å². The summed E-state index contributed by atoms with van der Waals surface area (Å²) in [6.45, 7) is 1.60. The van der Waals surface area contributed by atoms with Gasteiger partial charge in [-0.25, -0.2) is 13.6 Å². The quantitative estimate of drug-likeness (QED) is 0.848. The highest BCUT2D eigenvalue weighted by Crippen LogP contribution is 2.28. The fourth-order valence-corrected chi connectivity index (χ4v) is 3.23. The third-order valence-electron chi connectivity index (χ3n) is 2.87. The highest BCUT2D eigenvalue weighted by Gasteiger charge is 2.17. The standard InChI is InChI=1S/C12H13BrN4O3S/c1-7-5-9(8(13)6-11(7)21(14,19)20)16-12(18)10-3-4-15-17(10)2/h3-6H,1-2H3,(H,16,18)(H2,14,19,20).